The van der Waals surface area contributed by atoms with Crippen molar-refractivity contribution in [3.63, 3.8) is 0 Å². The summed E-state index contributed by atoms with van der Waals surface area (Å²) in [6.45, 7) is -2.93. The van der Waals surface area contributed by atoms with Crippen molar-refractivity contribution in [1.82, 2.24) is 4.37 Å². The van der Waals surface area contributed by atoms with E-state index < -0.39 is 6.61 Å². The molecule has 0 aliphatic carbocycles. The van der Waals surface area contributed by atoms with Gasteiger partial charge in [-0.05, 0) is 11.5 Å². The van der Waals surface area contributed by atoms with Gasteiger partial charge < -0.3 is 4.74 Å². The Bertz CT molecular complexity index is 280. The van der Waals surface area contributed by atoms with E-state index in [0.29, 0.717) is 0 Å². The summed E-state index contributed by atoms with van der Waals surface area (Å²) < 4.78 is 30.5. The number of alkyl halides is 2. The van der Waals surface area contributed by atoms with E-state index in [2.05, 4.69) is 9.11 Å². The fourth-order valence-electron chi connectivity index (χ4n) is 0.470. The molecule has 1 aromatic rings. The molecule has 1 aromatic heterocycles. The van der Waals surface area contributed by atoms with E-state index in [1.165, 1.54) is 5.38 Å². The Morgan fingerprint density at radius 2 is 2.45 bits per heavy atom. The van der Waals surface area contributed by atoms with Crippen LogP contribution in [0.4, 0.5) is 8.78 Å². The molecule has 0 fully saturated rings. The van der Waals surface area contributed by atoms with Crippen LogP contribution in [-0.4, -0.2) is 11.0 Å². The zero-order valence-electron chi connectivity index (χ0n) is 5.12. The molecule has 0 unspecified atom stereocenters. The molecule has 1 rings (SSSR count). The van der Waals surface area contributed by atoms with Crippen LogP contribution in [0.1, 0.15) is 5.56 Å². The minimum atomic E-state index is -2.93. The number of halogens is 2. The molecule has 11 heavy (non-hydrogen) atoms. The van der Waals surface area contributed by atoms with E-state index in [9.17, 15) is 8.78 Å². The van der Waals surface area contributed by atoms with Crippen LogP contribution >= 0.6 is 11.5 Å². The molecule has 58 valence electrons. The third kappa shape index (κ3) is 1.85. The lowest BCUT2D eigenvalue weighted by atomic mass is 10.4. The highest BCUT2D eigenvalue weighted by molar-refractivity contribution is 7.03. The molecule has 0 aliphatic heterocycles. The van der Waals surface area contributed by atoms with Crippen LogP contribution in [-0.2, 0) is 0 Å². The summed E-state index contributed by atoms with van der Waals surface area (Å²) in [4.78, 5) is 0. The number of hydrogen-bond donors (Lipinski definition) is 0. The second-order valence-electron chi connectivity index (χ2n) is 1.52. The first kappa shape index (κ1) is 7.88. The number of ether oxygens (including phenoxy) is 1. The number of rotatable bonds is 2. The normalized spacial score (nSPS) is 9.64. The van der Waals surface area contributed by atoms with Crippen LogP contribution < -0.4 is 4.74 Å². The Morgan fingerprint density at radius 1 is 1.73 bits per heavy atom. The average Bonchev–Trinajstić information content (AvgIpc) is 2.34. The van der Waals surface area contributed by atoms with Crippen molar-refractivity contribution in [1.29, 1.82) is 5.26 Å². The second-order valence-corrected chi connectivity index (χ2v) is 2.15. The molecule has 0 radical (unpaired) electrons. The Balaban J connectivity index is 2.79. The number of aromatic nitrogens is 1. The van der Waals surface area contributed by atoms with Gasteiger partial charge in [-0.2, -0.15) is 18.4 Å². The predicted octanol–water partition coefficient (Wildman–Crippen LogP) is 1.62. The van der Waals surface area contributed by atoms with Gasteiger partial charge >= 0.3 is 6.61 Å². The standard InChI is InChI=1S/C5H2F2N2OS/c6-5(7)10-4-3(1-8)2-11-9-4/h2,5H. The fraction of sp³-hybridized carbons (Fsp3) is 0.200. The quantitative estimate of drug-likeness (QED) is 0.687. The molecule has 0 N–H and O–H groups in total. The van der Waals surface area contributed by atoms with E-state index in [1.54, 1.807) is 6.07 Å². The summed E-state index contributed by atoms with van der Waals surface area (Å²) in [5, 5.41) is 9.66. The van der Waals surface area contributed by atoms with Crippen LogP contribution in [0.15, 0.2) is 5.38 Å². The van der Waals surface area contributed by atoms with Gasteiger partial charge in [0.1, 0.15) is 11.6 Å². The summed E-state index contributed by atoms with van der Waals surface area (Å²) in [6.07, 6.45) is 0. The third-order valence-electron chi connectivity index (χ3n) is 0.858. The predicted molar refractivity (Wildman–Crippen MR) is 33.5 cm³/mol. The van der Waals surface area contributed by atoms with Gasteiger partial charge in [-0.1, -0.05) is 0 Å². The first-order valence-corrected chi connectivity index (χ1v) is 3.37. The summed E-state index contributed by atoms with van der Waals surface area (Å²) in [7, 11) is 0. The van der Waals surface area contributed by atoms with Crippen LogP contribution in [0.3, 0.4) is 0 Å². The Hall–Kier alpha value is -1.22. The van der Waals surface area contributed by atoms with E-state index in [-0.39, 0.29) is 11.4 Å². The van der Waals surface area contributed by atoms with Gasteiger partial charge in [-0.25, -0.2) is 0 Å². The smallest absolute Gasteiger partial charge is 0.388 e. The van der Waals surface area contributed by atoms with Crippen molar-refractivity contribution in [2.45, 2.75) is 6.61 Å². The lowest BCUT2D eigenvalue weighted by Gasteiger charge is -1.97. The number of nitrogens with zero attached hydrogens (tertiary/aromatic N) is 2. The van der Waals surface area contributed by atoms with Gasteiger partial charge in [-0.15, -0.1) is 0 Å². The SMILES string of the molecule is N#Cc1csnc1OC(F)F. The first-order valence-electron chi connectivity index (χ1n) is 2.53. The van der Waals surface area contributed by atoms with Crippen molar-refractivity contribution >= 4 is 11.5 Å². The summed E-state index contributed by atoms with van der Waals surface area (Å²) in [5.41, 5.74) is 0.0373. The van der Waals surface area contributed by atoms with Gasteiger partial charge in [0.05, 0.1) is 0 Å². The zero-order chi connectivity index (χ0) is 8.27. The number of nitriles is 1. The van der Waals surface area contributed by atoms with Crippen LogP contribution in [0.5, 0.6) is 5.88 Å². The minimum Gasteiger partial charge on any atom is -0.415 e. The molecule has 3 nitrogen and oxygen atoms in total. The van der Waals surface area contributed by atoms with Gasteiger partial charge in [0, 0.05) is 5.38 Å². The maximum absolute atomic E-state index is 11.5. The molecular weight excluding hydrogens is 174 g/mol. The number of hydrogen-bond acceptors (Lipinski definition) is 4. The molecule has 1 heterocycles. The molecule has 6 heteroatoms. The van der Waals surface area contributed by atoms with Crippen LogP contribution in [0.2, 0.25) is 0 Å². The zero-order valence-corrected chi connectivity index (χ0v) is 5.94. The molecule has 0 saturated carbocycles. The van der Waals surface area contributed by atoms with Gasteiger partial charge in [0.25, 0.3) is 0 Å². The highest BCUT2D eigenvalue weighted by Gasteiger charge is 2.11. The summed E-state index contributed by atoms with van der Waals surface area (Å²) in [5.74, 6) is -0.299. The molecule has 0 aliphatic rings. The molecule has 0 saturated heterocycles. The second kappa shape index (κ2) is 3.25. The Kier molecular flexibility index (Phi) is 2.33. The highest BCUT2D eigenvalue weighted by atomic mass is 32.1. The van der Waals surface area contributed by atoms with Crippen LogP contribution in [0, 0.1) is 11.3 Å². The third-order valence-corrected chi connectivity index (χ3v) is 1.47. The maximum Gasteiger partial charge on any atom is 0.388 e. The molecular formula is C5H2F2N2OS. The molecule has 0 aromatic carbocycles. The van der Waals surface area contributed by atoms with E-state index in [1.807, 2.05) is 0 Å². The largest absolute Gasteiger partial charge is 0.415 e. The molecule has 0 spiro atoms. The average molecular weight is 176 g/mol. The monoisotopic (exact) mass is 176 g/mol. The molecule has 0 atom stereocenters. The van der Waals surface area contributed by atoms with Crippen LogP contribution in [0.25, 0.3) is 0 Å². The van der Waals surface area contributed by atoms with Crippen molar-refractivity contribution in [3.05, 3.63) is 10.9 Å². The van der Waals surface area contributed by atoms with Crippen molar-refractivity contribution < 1.29 is 13.5 Å². The fourth-order valence-corrected chi connectivity index (χ4v) is 1.02. The first-order chi connectivity index (χ1) is 5.24. The highest BCUT2D eigenvalue weighted by Crippen LogP contribution is 2.19. The van der Waals surface area contributed by atoms with Gasteiger partial charge in [-0.3, -0.25) is 0 Å². The minimum absolute atomic E-state index is 0.0373. The lowest BCUT2D eigenvalue weighted by Crippen LogP contribution is -2.02. The Labute approximate surface area is 65.0 Å². The lowest BCUT2D eigenvalue weighted by molar-refractivity contribution is -0.0524. The van der Waals surface area contributed by atoms with Crippen molar-refractivity contribution in [2.75, 3.05) is 0 Å². The van der Waals surface area contributed by atoms with Gasteiger partial charge in [0.2, 0.25) is 5.88 Å². The van der Waals surface area contributed by atoms with E-state index >= 15 is 0 Å². The topological polar surface area (TPSA) is 45.9 Å². The molecule has 0 amide bonds. The summed E-state index contributed by atoms with van der Waals surface area (Å²) >= 11 is 0.902. The van der Waals surface area contributed by atoms with Crippen molar-refractivity contribution in [2.24, 2.45) is 0 Å². The van der Waals surface area contributed by atoms with E-state index in [4.69, 9.17) is 5.26 Å². The van der Waals surface area contributed by atoms with Crippen molar-refractivity contribution in [3.8, 4) is 11.9 Å². The molecule has 0 bridgehead atoms. The van der Waals surface area contributed by atoms with Gasteiger partial charge in [0.15, 0.2) is 0 Å². The Morgan fingerprint density at radius 3 is 3.00 bits per heavy atom. The summed E-state index contributed by atoms with van der Waals surface area (Å²) in [6, 6.07) is 1.67. The van der Waals surface area contributed by atoms with E-state index in [0.717, 1.165) is 11.5 Å². The maximum atomic E-state index is 11.5.